The molecule has 0 radical (unpaired) electrons. The van der Waals surface area contributed by atoms with Crippen molar-refractivity contribution in [2.75, 3.05) is 6.61 Å². The topological polar surface area (TPSA) is 113 Å². The van der Waals surface area contributed by atoms with Crippen LogP contribution in [-0.4, -0.2) is 47.0 Å². The van der Waals surface area contributed by atoms with E-state index < -0.39 is 13.1 Å². The van der Waals surface area contributed by atoms with Crippen molar-refractivity contribution in [3.8, 4) is 5.75 Å². The molecule has 0 bridgehead atoms. The number of fused-ring (bicyclic) bond motifs is 3. The number of carbonyl (C=O) groups excluding carboxylic acids is 1. The lowest BCUT2D eigenvalue weighted by Crippen LogP contribution is -2.38. The molecule has 0 aliphatic rings. The number of carbonyl (C=O) groups is 1. The second-order valence-corrected chi connectivity index (χ2v) is 11.8. The third-order valence-corrected chi connectivity index (χ3v) is 8.17. The Balaban J connectivity index is 1.25. The molecular weight excluding hydrogens is 606 g/mol. The number of rotatable bonds is 13. The van der Waals surface area contributed by atoms with Crippen molar-refractivity contribution in [3.63, 3.8) is 0 Å². The van der Waals surface area contributed by atoms with E-state index in [-0.39, 0.29) is 14.3 Å². The maximum atomic E-state index is 11.7. The predicted molar refractivity (Wildman–Crippen MR) is 182 cm³/mol. The van der Waals surface area contributed by atoms with Crippen LogP contribution in [0.4, 0.5) is 0 Å². The van der Waals surface area contributed by atoms with E-state index in [1.165, 1.54) is 0 Å². The minimum Gasteiger partial charge on any atom is -0.539 e. The van der Waals surface area contributed by atoms with Crippen LogP contribution in [0.1, 0.15) is 23.6 Å². The third kappa shape index (κ3) is 7.63. The van der Waals surface area contributed by atoms with Crippen molar-refractivity contribution < 1.29 is 43.0 Å². The number of ether oxygens (including phenoxy) is 1. The molecule has 3 aromatic carbocycles. The summed E-state index contributed by atoms with van der Waals surface area (Å²) in [5.41, 5.74) is 5.85. The fraction of sp³-hybridized carbons (Fsp3) is 0.167. The van der Waals surface area contributed by atoms with Gasteiger partial charge in [0.2, 0.25) is 17.4 Å². The van der Waals surface area contributed by atoms with Crippen molar-refractivity contribution in [3.05, 3.63) is 139 Å². The van der Waals surface area contributed by atoms with Crippen molar-refractivity contribution in [1.29, 1.82) is 0 Å². The van der Waals surface area contributed by atoms with Crippen molar-refractivity contribution in [1.82, 2.24) is 4.57 Å². The van der Waals surface area contributed by atoms with E-state index >= 15 is 0 Å². The highest BCUT2D eigenvalue weighted by atomic mass is 16.5. The summed E-state index contributed by atoms with van der Waals surface area (Å²) < 4.78 is 18.8. The van der Waals surface area contributed by atoms with Gasteiger partial charge in [0.05, 0.1) is 10.8 Å². The van der Waals surface area contributed by atoms with E-state index in [1.54, 1.807) is 13.0 Å². The maximum absolute atomic E-state index is 11.7. The molecule has 10 nitrogen and oxygen atoms in total. The highest BCUT2D eigenvalue weighted by Crippen LogP contribution is 2.22. The van der Waals surface area contributed by atoms with Crippen LogP contribution >= 0.6 is 0 Å². The monoisotopic (exact) mass is 643 g/mol. The SMILES string of the molecule is C=C(C)C(=O)OCCn1cc[n+](Cc2cc(C[n+]3cccc4c5ccc[n+](Cc6cccc(OBO)c6)c5ccc43)cc(B(O)O)c2)c1. The molecule has 3 aromatic heterocycles. The Kier molecular flexibility index (Phi) is 9.96. The molecule has 0 spiro atoms. The van der Waals surface area contributed by atoms with Crippen molar-refractivity contribution in [2.24, 2.45) is 0 Å². The lowest BCUT2D eigenvalue weighted by Gasteiger charge is -2.09. The van der Waals surface area contributed by atoms with Crippen LogP contribution in [0.2, 0.25) is 0 Å². The van der Waals surface area contributed by atoms with Gasteiger partial charge in [-0.05, 0) is 48.3 Å². The smallest absolute Gasteiger partial charge is 0.504 e. The first-order chi connectivity index (χ1) is 23.3. The summed E-state index contributed by atoms with van der Waals surface area (Å²) in [5, 5.41) is 31.6. The standard InChI is InChI=1S/C36H37B2N4O6/c1-26(2)36(43)47-17-16-39-14-15-40(25-39)22-28-18-29(20-30(19-28)38(45)46)24-42-13-5-9-33-32-8-4-12-41(34(32)10-11-35(33)42)23-27-6-3-7-31(21-27)48-37-44/h3-15,18-21,25,37,44-46H,1,16-17,22-24H2,2H3/q+3. The van der Waals surface area contributed by atoms with E-state index in [4.69, 9.17) is 14.4 Å². The Morgan fingerprint density at radius 1 is 0.854 bits per heavy atom. The Bertz CT molecular complexity index is 2120. The Labute approximate surface area is 279 Å². The van der Waals surface area contributed by atoms with Crippen LogP contribution in [0.25, 0.3) is 21.8 Å². The van der Waals surface area contributed by atoms with Gasteiger partial charge in [0.25, 0.3) is 0 Å². The van der Waals surface area contributed by atoms with Gasteiger partial charge in [-0.3, -0.25) is 0 Å². The van der Waals surface area contributed by atoms with E-state index in [2.05, 4.69) is 52.2 Å². The first-order valence-corrected chi connectivity index (χ1v) is 15.7. The number of aromatic nitrogens is 4. The van der Waals surface area contributed by atoms with Gasteiger partial charge >= 0.3 is 20.8 Å². The summed E-state index contributed by atoms with van der Waals surface area (Å²) in [5.74, 6) is 0.217. The van der Waals surface area contributed by atoms with Crippen LogP contribution in [-0.2, 0) is 35.7 Å². The first kappa shape index (κ1) is 32.6. The van der Waals surface area contributed by atoms with E-state index in [0.29, 0.717) is 43.0 Å². The summed E-state index contributed by atoms with van der Waals surface area (Å²) in [6.45, 7) is 7.65. The van der Waals surface area contributed by atoms with Crippen molar-refractivity contribution in [2.45, 2.75) is 33.1 Å². The molecule has 0 aliphatic carbocycles. The normalized spacial score (nSPS) is 11.1. The summed E-state index contributed by atoms with van der Waals surface area (Å²) in [7, 11) is -1.97. The minimum absolute atomic E-state index is 0.239. The molecule has 12 heteroatoms. The van der Waals surface area contributed by atoms with Crippen LogP contribution in [0.15, 0.2) is 122 Å². The van der Waals surface area contributed by atoms with Gasteiger partial charge in [-0.1, -0.05) is 30.8 Å². The van der Waals surface area contributed by atoms with Crippen LogP contribution in [0.3, 0.4) is 0 Å². The van der Waals surface area contributed by atoms with E-state index in [0.717, 1.165) is 38.5 Å². The van der Waals surface area contributed by atoms with Gasteiger partial charge in [0, 0.05) is 41.0 Å². The second kappa shape index (κ2) is 14.6. The zero-order chi connectivity index (χ0) is 33.6. The zero-order valence-corrected chi connectivity index (χ0v) is 26.8. The number of pyridine rings is 2. The molecule has 6 aromatic rings. The van der Waals surface area contributed by atoms with Crippen LogP contribution in [0, 0.1) is 0 Å². The molecule has 3 heterocycles. The van der Waals surface area contributed by atoms with Crippen molar-refractivity contribution >= 4 is 48.0 Å². The number of imidazole rings is 1. The average molecular weight is 643 g/mol. The number of hydrogen-bond acceptors (Lipinski definition) is 6. The predicted octanol–water partition coefficient (Wildman–Crippen LogP) is 1.24. The van der Waals surface area contributed by atoms with Gasteiger partial charge in [0.15, 0.2) is 25.5 Å². The Hall–Kier alpha value is -5.29. The molecule has 0 saturated carbocycles. The average Bonchev–Trinajstić information content (AvgIpc) is 3.51. The molecule has 0 aliphatic heterocycles. The molecule has 0 unspecified atom stereocenters. The van der Waals surface area contributed by atoms with E-state index in [9.17, 15) is 14.8 Å². The van der Waals surface area contributed by atoms with Gasteiger partial charge < -0.3 is 24.5 Å². The molecule has 48 heavy (non-hydrogen) atoms. The number of nitrogens with zero attached hydrogens (tertiary/aromatic N) is 4. The second-order valence-electron chi connectivity index (χ2n) is 11.8. The number of hydrogen-bond donors (Lipinski definition) is 3. The summed E-state index contributed by atoms with van der Waals surface area (Å²) in [4.78, 5) is 11.7. The zero-order valence-electron chi connectivity index (χ0n) is 26.8. The van der Waals surface area contributed by atoms with Crippen LogP contribution in [0.5, 0.6) is 5.75 Å². The lowest BCUT2D eigenvalue weighted by atomic mass is 9.78. The Morgan fingerprint density at radius 2 is 1.52 bits per heavy atom. The van der Waals surface area contributed by atoms with Crippen LogP contribution < -0.4 is 23.8 Å². The number of esters is 1. The third-order valence-electron chi connectivity index (χ3n) is 8.17. The molecule has 240 valence electrons. The summed E-state index contributed by atoms with van der Waals surface area (Å²) in [6, 6.07) is 26.0. The summed E-state index contributed by atoms with van der Waals surface area (Å²) in [6.07, 6.45) is 9.85. The highest BCUT2D eigenvalue weighted by Gasteiger charge is 2.20. The molecule has 3 N–H and O–H groups in total. The maximum Gasteiger partial charge on any atom is 0.504 e. The highest BCUT2D eigenvalue weighted by molar-refractivity contribution is 6.58. The molecular formula is C36H37B2N4O6+3. The minimum atomic E-state index is -1.60. The lowest BCUT2D eigenvalue weighted by molar-refractivity contribution is -0.687. The quantitative estimate of drug-likeness (QED) is 0.0575. The summed E-state index contributed by atoms with van der Waals surface area (Å²) >= 11 is 0. The fourth-order valence-corrected chi connectivity index (χ4v) is 5.95. The number of benzene rings is 3. The largest absolute Gasteiger partial charge is 0.539 e. The molecule has 0 amide bonds. The molecule has 0 atom stereocenters. The molecule has 6 rings (SSSR count). The van der Waals surface area contributed by atoms with Gasteiger partial charge in [-0.25, -0.2) is 13.9 Å². The van der Waals surface area contributed by atoms with Gasteiger partial charge in [-0.15, -0.1) is 0 Å². The van der Waals surface area contributed by atoms with E-state index in [1.807, 2.05) is 76.5 Å². The molecule has 0 fully saturated rings. The fourth-order valence-electron chi connectivity index (χ4n) is 5.95. The van der Waals surface area contributed by atoms with Gasteiger partial charge in [0.1, 0.15) is 37.8 Å². The Morgan fingerprint density at radius 3 is 2.17 bits per heavy atom. The molecule has 0 saturated heterocycles. The first-order valence-electron chi connectivity index (χ1n) is 15.7. The van der Waals surface area contributed by atoms with Gasteiger partial charge in [-0.2, -0.15) is 9.13 Å².